The van der Waals surface area contributed by atoms with Gasteiger partial charge in [-0.25, -0.2) is 0 Å². The molecule has 0 N–H and O–H groups in total. The zero-order valence-corrected chi connectivity index (χ0v) is 22.2. The highest BCUT2D eigenvalue weighted by Crippen LogP contribution is 2.37. The van der Waals surface area contributed by atoms with E-state index in [9.17, 15) is 0 Å². The molecule has 0 aliphatic rings. The minimum absolute atomic E-state index is 0.943. The molecule has 190 valence electrons. The lowest BCUT2D eigenvalue weighted by Gasteiger charge is -2.08. The van der Waals surface area contributed by atoms with Crippen LogP contribution in [0.2, 0.25) is 0 Å². The zero-order chi connectivity index (χ0) is 25.0. The van der Waals surface area contributed by atoms with Crippen LogP contribution in [-0.4, -0.2) is 0 Å². The van der Waals surface area contributed by atoms with Crippen molar-refractivity contribution in [2.45, 2.75) is 84.0 Å². The van der Waals surface area contributed by atoms with Crippen LogP contribution in [0, 0.1) is 0 Å². The average molecular weight is 491 g/mol. The van der Waals surface area contributed by atoms with Crippen molar-refractivity contribution in [1.29, 1.82) is 0 Å². The van der Waals surface area contributed by atoms with Crippen molar-refractivity contribution in [3.05, 3.63) is 72.7 Å². The summed E-state index contributed by atoms with van der Waals surface area (Å²) in [6.45, 7) is 2.29. The van der Waals surface area contributed by atoms with Gasteiger partial charge in [-0.1, -0.05) is 108 Å². The van der Waals surface area contributed by atoms with Crippen LogP contribution in [0.15, 0.2) is 75.8 Å². The molecular formula is C35H38O2. The Bertz CT molecular complexity index is 1650. The first kappa shape index (κ1) is 24.1. The lowest BCUT2D eigenvalue weighted by molar-refractivity contribution is 0.515. The Morgan fingerprint density at radius 3 is 1.57 bits per heavy atom. The summed E-state index contributed by atoms with van der Waals surface area (Å²) in [4.78, 5) is 0. The normalized spacial score (nSPS) is 12.1. The molecule has 37 heavy (non-hydrogen) atoms. The number of rotatable bonds is 12. The molecule has 0 radical (unpaired) electrons. The topological polar surface area (TPSA) is 26.3 Å². The number of benzene rings is 4. The highest BCUT2D eigenvalue weighted by molar-refractivity contribution is 6.24. The smallest absolute Gasteiger partial charge is 0.134 e. The van der Waals surface area contributed by atoms with E-state index in [-0.39, 0.29) is 0 Å². The number of fused-ring (bicyclic) bond motifs is 9. The van der Waals surface area contributed by atoms with Crippen LogP contribution in [-0.2, 0) is 6.42 Å². The quantitative estimate of drug-likeness (QED) is 0.126. The van der Waals surface area contributed by atoms with Gasteiger partial charge in [0, 0.05) is 17.2 Å². The molecule has 2 heterocycles. The van der Waals surface area contributed by atoms with Crippen LogP contribution in [0.4, 0.5) is 0 Å². The maximum atomic E-state index is 6.28. The molecule has 0 saturated heterocycles. The summed E-state index contributed by atoms with van der Waals surface area (Å²) >= 11 is 0. The van der Waals surface area contributed by atoms with Gasteiger partial charge in [-0.05, 0) is 63.0 Å². The number of hydrogen-bond donors (Lipinski definition) is 0. The molecule has 0 aliphatic heterocycles. The van der Waals surface area contributed by atoms with Gasteiger partial charge in [-0.2, -0.15) is 0 Å². The first-order valence-corrected chi connectivity index (χ1v) is 14.5. The van der Waals surface area contributed by atoms with Crippen LogP contribution in [0.25, 0.3) is 54.3 Å². The summed E-state index contributed by atoms with van der Waals surface area (Å²) < 4.78 is 11.9. The Kier molecular flexibility index (Phi) is 7.17. The number of hydrogen-bond acceptors (Lipinski definition) is 2. The Morgan fingerprint density at radius 2 is 0.946 bits per heavy atom. The van der Waals surface area contributed by atoms with Crippen LogP contribution < -0.4 is 0 Å². The molecule has 0 aliphatic carbocycles. The molecule has 4 aromatic carbocycles. The highest BCUT2D eigenvalue weighted by Gasteiger charge is 2.12. The van der Waals surface area contributed by atoms with Crippen molar-refractivity contribution in [3.63, 3.8) is 0 Å². The third-order valence-corrected chi connectivity index (χ3v) is 8.20. The minimum Gasteiger partial charge on any atom is -0.464 e. The Hall–Kier alpha value is -3.26. The van der Waals surface area contributed by atoms with Crippen molar-refractivity contribution < 1.29 is 8.83 Å². The molecule has 6 rings (SSSR count). The summed E-state index contributed by atoms with van der Waals surface area (Å²) in [5, 5.41) is 10.1. The lowest BCUT2D eigenvalue weighted by Crippen LogP contribution is -1.84. The molecule has 0 fully saturated rings. The second-order valence-corrected chi connectivity index (χ2v) is 10.8. The van der Waals surface area contributed by atoms with Gasteiger partial charge in [0.25, 0.3) is 0 Å². The molecule has 6 aromatic rings. The molecule has 0 saturated carbocycles. The maximum absolute atomic E-state index is 6.28. The zero-order valence-electron chi connectivity index (χ0n) is 22.2. The fourth-order valence-electron chi connectivity index (χ4n) is 6.15. The average Bonchev–Trinajstić information content (AvgIpc) is 3.58. The van der Waals surface area contributed by atoms with E-state index >= 15 is 0 Å². The molecule has 0 amide bonds. The number of furan rings is 2. The Labute approximate surface area is 219 Å². The fourth-order valence-corrected chi connectivity index (χ4v) is 6.15. The van der Waals surface area contributed by atoms with E-state index < -0.39 is 0 Å². The van der Waals surface area contributed by atoms with Gasteiger partial charge in [-0.15, -0.1) is 0 Å². The van der Waals surface area contributed by atoms with E-state index in [1.807, 2.05) is 0 Å². The van der Waals surface area contributed by atoms with Crippen LogP contribution in [0.5, 0.6) is 0 Å². The molecule has 2 heteroatoms. The van der Waals surface area contributed by atoms with E-state index in [1.165, 1.54) is 114 Å². The van der Waals surface area contributed by atoms with Gasteiger partial charge in [-0.3, -0.25) is 0 Å². The monoisotopic (exact) mass is 490 g/mol. The fraction of sp³-hybridized carbons (Fsp3) is 0.371. The molecule has 2 aromatic heterocycles. The van der Waals surface area contributed by atoms with Gasteiger partial charge < -0.3 is 8.83 Å². The number of unbranched alkanes of at least 4 members (excludes halogenated alkanes) is 10. The van der Waals surface area contributed by atoms with Crippen molar-refractivity contribution in [1.82, 2.24) is 0 Å². The van der Waals surface area contributed by atoms with Gasteiger partial charge in [0.1, 0.15) is 16.9 Å². The second-order valence-electron chi connectivity index (χ2n) is 10.8. The van der Waals surface area contributed by atoms with Gasteiger partial charge in [0.15, 0.2) is 0 Å². The van der Waals surface area contributed by atoms with Gasteiger partial charge >= 0.3 is 0 Å². The predicted molar refractivity (Wildman–Crippen MR) is 159 cm³/mol. The van der Waals surface area contributed by atoms with Crippen molar-refractivity contribution in [3.8, 4) is 0 Å². The Balaban J connectivity index is 1.14. The molecule has 2 nitrogen and oxygen atoms in total. The predicted octanol–water partition coefficient (Wildman–Crippen LogP) is 11.5. The SMILES string of the molecule is CCCCCCCCCCCCCc1cc2c(ccc3c2ccc2c4ccc5occc5c4ccc32)o1. The second kappa shape index (κ2) is 11.0. The first-order chi connectivity index (χ1) is 18.3. The summed E-state index contributed by atoms with van der Waals surface area (Å²) in [5.41, 5.74) is 1.95. The third kappa shape index (κ3) is 4.87. The van der Waals surface area contributed by atoms with Gasteiger partial charge in [0.2, 0.25) is 0 Å². The van der Waals surface area contributed by atoms with Crippen LogP contribution in [0.1, 0.15) is 83.3 Å². The molecule has 0 unspecified atom stereocenters. The van der Waals surface area contributed by atoms with E-state index in [4.69, 9.17) is 8.83 Å². The van der Waals surface area contributed by atoms with Gasteiger partial charge in [0.05, 0.1) is 6.26 Å². The van der Waals surface area contributed by atoms with Crippen molar-refractivity contribution in [2.24, 2.45) is 0 Å². The summed E-state index contributed by atoms with van der Waals surface area (Å²) in [5.74, 6) is 1.12. The maximum Gasteiger partial charge on any atom is 0.134 e. The minimum atomic E-state index is 0.943. The van der Waals surface area contributed by atoms with E-state index in [0.717, 1.165) is 23.3 Å². The third-order valence-electron chi connectivity index (χ3n) is 8.20. The van der Waals surface area contributed by atoms with Crippen LogP contribution in [0.3, 0.4) is 0 Å². The highest BCUT2D eigenvalue weighted by atomic mass is 16.3. The summed E-state index contributed by atoms with van der Waals surface area (Å²) in [6.07, 6.45) is 17.9. The van der Waals surface area contributed by atoms with Crippen molar-refractivity contribution >= 4 is 54.3 Å². The summed E-state index contributed by atoms with van der Waals surface area (Å²) in [7, 11) is 0. The molecule has 0 spiro atoms. The van der Waals surface area contributed by atoms with Crippen LogP contribution >= 0.6 is 0 Å². The first-order valence-electron chi connectivity index (χ1n) is 14.5. The molecule has 0 atom stereocenters. The van der Waals surface area contributed by atoms with Crippen molar-refractivity contribution in [2.75, 3.05) is 0 Å². The van der Waals surface area contributed by atoms with E-state index in [2.05, 4.69) is 67.6 Å². The van der Waals surface area contributed by atoms with E-state index in [0.29, 0.717) is 0 Å². The van der Waals surface area contributed by atoms with E-state index in [1.54, 1.807) is 6.26 Å². The molecular weight excluding hydrogens is 452 g/mol. The standard InChI is InChI=1S/C35H38O2/c1-2-3-4-5-6-7-8-9-10-11-12-13-25-24-33-31-17-15-26-27(29(31)19-21-35(33)37-25)14-16-30-28(26)18-20-34-32(30)22-23-36-34/h14-24H,2-13H2,1H3. The largest absolute Gasteiger partial charge is 0.464 e. The number of aryl methyl sites for hydroxylation is 1. The summed E-state index contributed by atoms with van der Waals surface area (Å²) in [6, 6.07) is 22.1. The Morgan fingerprint density at radius 1 is 0.459 bits per heavy atom. The molecule has 0 bridgehead atoms. The lowest BCUT2D eigenvalue weighted by atomic mass is 9.95.